The van der Waals surface area contributed by atoms with Gasteiger partial charge >= 0.3 is 5.97 Å². The zero-order valence-corrected chi connectivity index (χ0v) is 11.2. The standard InChI is InChI=1S/C15H19NO3/c1-18-10-4-5-11-19-15(17)12-14-7-3-2-6-13(14)8-9-16/h2-3,6-7H,4-5,8,10-12H2,1H3. The van der Waals surface area contributed by atoms with Crippen LogP contribution in [0.15, 0.2) is 24.3 Å². The van der Waals surface area contributed by atoms with E-state index in [1.165, 1.54) is 0 Å². The topological polar surface area (TPSA) is 59.3 Å². The molecule has 0 aliphatic heterocycles. The third kappa shape index (κ3) is 6.03. The zero-order chi connectivity index (χ0) is 13.9. The molecule has 0 radical (unpaired) electrons. The van der Waals surface area contributed by atoms with Gasteiger partial charge in [0, 0.05) is 13.7 Å². The molecule has 0 amide bonds. The van der Waals surface area contributed by atoms with Crippen molar-refractivity contribution in [1.82, 2.24) is 0 Å². The average molecular weight is 261 g/mol. The fourth-order valence-electron chi connectivity index (χ4n) is 1.73. The molecule has 1 aromatic carbocycles. The Morgan fingerprint density at radius 2 is 1.89 bits per heavy atom. The van der Waals surface area contributed by atoms with E-state index in [0.717, 1.165) is 24.0 Å². The van der Waals surface area contributed by atoms with Gasteiger partial charge in [0.25, 0.3) is 0 Å². The molecule has 0 fully saturated rings. The van der Waals surface area contributed by atoms with Crippen LogP contribution in [0.3, 0.4) is 0 Å². The molecule has 0 atom stereocenters. The van der Waals surface area contributed by atoms with Crippen LogP contribution >= 0.6 is 0 Å². The van der Waals surface area contributed by atoms with Crippen molar-refractivity contribution in [3.05, 3.63) is 35.4 Å². The van der Waals surface area contributed by atoms with Crippen LogP contribution in [0, 0.1) is 11.3 Å². The Kier molecular flexibility index (Phi) is 7.30. The van der Waals surface area contributed by atoms with E-state index in [1.54, 1.807) is 7.11 Å². The van der Waals surface area contributed by atoms with Gasteiger partial charge in [0.15, 0.2) is 0 Å². The predicted octanol–water partition coefficient (Wildman–Crippen LogP) is 2.26. The van der Waals surface area contributed by atoms with Crippen LogP contribution in [0.25, 0.3) is 0 Å². The van der Waals surface area contributed by atoms with Gasteiger partial charge in [-0.1, -0.05) is 24.3 Å². The fraction of sp³-hybridized carbons (Fsp3) is 0.467. The summed E-state index contributed by atoms with van der Waals surface area (Å²) < 4.78 is 10.1. The number of nitriles is 1. The van der Waals surface area contributed by atoms with Gasteiger partial charge in [0.2, 0.25) is 0 Å². The number of hydrogen-bond acceptors (Lipinski definition) is 4. The maximum Gasteiger partial charge on any atom is 0.310 e. The molecule has 0 N–H and O–H groups in total. The van der Waals surface area contributed by atoms with Crippen LogP contribution in [-0.4, -0.2) is 26.3 Å². The van der Waals surface area contributed by atoms with Gasteiger partial charge in [-0.15, -0.1) is 0 Å². The highest BCUT2D eigenvalue weighted by Gasteiger charge is 2.08. The van der Waals surface area contributed by atoms with Crippen LogP contribution in [0.5, 0.6) is 0 Å². The van der Waals surface area contributed by atoms with Crippen molar-refractivity contribution in [3.63, 3.8) is 0 Å². The van der Waals surface area contributed by atoms with Crippen LogP contribution in [0.2, 0.25) is 0 Å². The van der Waals surface area contributed by atoms with Gasteiger partial charge in [0.05, 0.1) is 25.5 Å². The quantitative estimate of drug-likeness (QED) is 0.532. The first kappa shape index (κ1) is 15.2. The Balaban J connectivity index is 2.38. The van der Waals surface area contributed by atoms with Crippen LogP contribution in [0.4, 0.5) is 0 Å². The van der Waals surface area contributed by atoms with E-state index in [1.807, 2.05) is 24.3 Å². The van der Waals surface area contributed by atoms with E-state index in [0.29, 0.717) is 19.6 Å². The van der Waals surface area contributed by atoms with Gasteiger partial charge in [-0.3, -0.25) is 4.79 Å². The molecule has 0 saturated heterocycles. The molecule has 0 aromatic heterocycles. The molecule has 4 nitrogen and oxygen atoms in total. The minimum absolute atomic E-state index is 0.224. The van der Waals surface area contributed by atoms with Gasteiger partial charge in [0.1, 0.15) is 0 Å². The normalized spacial score (nSPS) is 9.89. The van der Waals surface area contributed by atoms with Crippen LogP contribution < -0.4 is 0 Å². The number of benzene rings is 1. The molecule has 0 heterocycles. The first-order valence-corrected chi connectivity index (χ1v) is 6.36. The lowest BCUT2D eigenvalue weighted by molar-refractivity contribution is -0.143. The van der Waals surface area contributed by atoms with Gasteiger partial charge in [-0.25, -0.2) is 0 Å². The van der Waals surface area contributed by atoms with Gasteiger partial charge in [-0.2, -0.15) is 5.26 Å². The van der Waals surface area contributed by atoms with E-state index < -0.39 is 0 Å². The summed E-state index contributed by atoms with van der Waals surface area (Å²) in [6.45, 7) is 1.10. The number of rotatable bonds is 8. The molecule has 102 valence electrons. The maximum atomic E-state index is 11.7. The average Bonchev–Trinajstić information content (AvgIpc) is 2.41. The van der Waals surface area contributed by atoms with Crippen LogP contribution in [0.1, 0.15) is 24.0 Å². The summed E-state index contributed by atoms with van der Waals surface area (Å²) in [5.74, 6) is -0.247. The molecular weight excluding hydrogens is 242 g/mol. The van der Waals surface area contributed by atoms with Gasteiger partial charge in [-0.05, 0) is 24.0 Å². The number of methoxy groups -OCH3 is 1. The lowest BCUT2D eigenvalue weighted by Crippen LogP contribution is -2.10. The second-order valence-electron chi connectivity index (χ2n) is 4.20. The molecule has 0 spiro atoms. The van der Waals surface area contributed by atoms with Crippen molar-refractivity contribution in [2.45, 2.75) is 25.7 Å². The highest BCUT2D eigenvalue weighted by Crippen LogP contribution is 2.10. The smallest absolute Gasteiger partial charge is 0.310 e. The van der Waals surface area contributed by atoms with Crippen molar-refractivity contribution >= 4 is 5.97 Å². The Bertz CT molecular complexity index is 437. The molecule has 0 aliphatic carbocycles. The van der Waals surface area contributed by atoms with Crippen molar-refractivity contribution in [3.8, 4) is 6.07 Å². The number of ether oxygens (including phenoxy) is 2. The predicted molar refractivity (Wildman–Crippen MR) is 71.5 cm³/mol. The third-order valence-corrected chi connectivity index (χ3v) is 2.73. The summed E-state index contributed by atoms with van der Waals surface area (Å²) in [5, 5.41) is 8.72. The molecule has 0 saturated carbocycles. The number of hydrogen-bond donors (Lipinski definition) is 0. The van der Waals surface area contributed by atoms with E-state index in [-0.39, 0.29) is 12.4 Å². The largest absolute Gasteiger partial charge is 0.465 e. The Morgan fingerprint density at radius 3 is 2.58 bits per heavy atom. The minimum atomic E-state index is -0.247. The second kappa shape index (κ2) is 9.12. The SMILES string of the molecule is COCCCCOC(=O)Cc1ccccc1CC#N. The number of esters is 1. The van der Waals surface area contributed by atoms with E-state index in [2.05, 4.69) is 6.07 Å². The molecule has 1 rings (SSSR count). The monoisotopic (exact) mass is 261 g/mol. The van der Waals surface area contributed by atoms with Crippen molar-refractivity contribution in [2.75, 3.05) is 20.3 Å². The Hall–Kier alpha value is -1.86. The minimum Gasteiger partial charge on any atom is -0.465 e. The van der Waals surface area contributed by atoms with Crippen molar-refractivity contribution < 1.29 is 14.3 Å². The summed E-state index contributed by atoms with van der Waals surface area (Å²) >= 11 is 0. The number of carbonyl (C=O) groups is 1. The molecule has 4 heteroatoms. The van der Waals surface area contributed by atoms with E-state index >= 15 is 0 Å². The molecule has 0 aliphatic rings. The molecular formula is C15H19NO3. The van der Waals surface area contributed by atoms with E-state index in [4.69, 9.17) is 14.7 Å². The zero-order valence-electron chi connectivity index (χ0n) is 11.2. The van der Waals surface area contributed by atoms with E-state index in [9.17, 15) is 4.79 Å². The summed E-state index contributed by atoms with van der Waals surface area (Å²) in [6, 6.07) is 9.55. The molecule has 19 heavy (non-hydrogen) atoms. The summed E-state index contributed by atoms with van der Waals surface area (Å²) in [5.41, 5.74) is 1.76. The number of nitrogens with zero attached hydrogens (tertiary/aromatic N) is 1. The molecule has 1 aromatic rings. The highest BCUT2D eigenvalue weighted by atomic mass is 16.5. The van der Waals surface area contributed by atoms with Crippen molar-refractivity contribution in [2.24, 2.45) is 0 Å². The molecule has 0 unspecified atom stereocenters. The Morgan fingerprint density at radius 1 is 1.21 bits per heavy atom. The summed E-state index contributed by atoms with van der Waals surface area (Å²) in [4.78, 5) is 11.7. The second-order valence-corrected chi connectivity index (χ2v) is 4.20. The van der Waals surface area contributed by atoms with Crippen LogP contribution in [-0.2, 0) is 27.1 Å². The maximum absolute atomic E-state index is 11.7. The first-order chi connectivity index (χ1) is 9.27. The lowest BCUT2D eigenvalue weighted by Gasteiger charge is -2.07. The lowest BCUT2D eigenvalue weighted by atomic mass is 10.0. The Labute approximate surface area is 113 Å². The highest BCUT2D eigenvalue weighted by molar-refractivity contribution is 5.73. The fourth-order valence-corrected chi connectivity index (χ4v) is 1.73. The molecule has 0 bridgehead atoms. The third-order valence-electron chi connectivity index (χ3n) is 2.73. The number of unbranched alkanes of at least 4 members (excludes halogenated alkanes) is 1. The summed E-state index contributed by atoms with van der Waals surface area (Å²) in [7, 11) is 1.65. The van der Waals surface area contributed by atoms with Crippen molar-refractivity contribution in [1.29, 1.82) is 5.26 Å². The summed E-state index contributed by atoms with van der Waals surface area (Å²) in [6.07, 6.45) is 2.23. The first-order valence-electron chi connectivity index (χ1n) is 6.36. The van der Waals surface area contributed by atoms with Gasteiger partial charge < -0.3 is 9.47 Å². The number of carbonyl (C=O) groups excluding carboxylic acids is 1.